The van der Waals surface area contributed by atoms with Crippen molar-refractivity contribution in [1.29, 1.82) is 0 Å². The first-order valence-electron chi connectivity index (χ1n) is 4.56. The summed E-state index contributed by atoms with van der Waals surface area (Å²) in [6.07, 6.45) is 3.70. The predicted molar refractivity (Wildman–Crippen MR) is 65.1 cm³/mol. The minimum atomic E-state index is 0.238. The van der Waals surface area contributed by atoms with E-state index in [9.17, 15) is 0 Å². The summed E-state index contributed by atoms with van der Waals surface area (Å²) < 4.78 is 0. The Balaban J connectivity index is 2.50. The van der Waals surface area contributed by atoms with Crippen molar-refractivity contribution in [2.45, 2.75) is 25.9 Å². The van der Waals surface area contributed by atoms with Crippen molar-refractivity contribution in [3.8, 4) is 0 Å². The molecule has 0 saturated heterocycles. The lowest BCUT2D eigenvalue weighted by atomic mass is 10.0. The number of aryl methyl sites for hydroxylation is 1. The molecule has 14 heavy (non-hydrogen) atoms. The molecular weight excluding hydrogens is 212 g/mol. The highest BCUT2D eigenvalue weighted by Crippen LogP contribution is 2.26. The molecule has 4 heteroatoms. The highest BCUT2D eigenvalue weighted by Gasteiger charge is 2.16. The van der Waals surface area contributed by atoms with Crippen LogP contribution in [0.5, 0.6) is 0 Å². The molecular formula is C10H16N2S2. The Bertz CT molecular complexity index is 283. The van der Waals surface area contributed by atoms with Crippen LogP contribution in [-0.2, 0) is 0 Å². The summed E-state index contributed by atoms with van der Waals surface area (Å²) in [5, 5.41) is 0.852. The van der Waals surface area contributed by atoms with Gasteiger partial charge in [-0.15, -0.1) is 0 Å². The molecule has 0 aliphatic carbocycles. The third-order valence-corrected chi connectivity index (χ3v) is 4.03. The van der Waals surface area contributed by atoms with Crippen molar-refractivity contribution in [3.05, 3.63) is 18.0 Å². The van der Waals surface area contributed by atoms with Crippen LogP contribution in [0.3, 0.4) is 0 Å². The maximum absolute atomic E-state index is 4.31. The zero-order valence-electron chi connectivity index (χ0n) is 8.82. The van der Waals surface area contributed by atoms with Crippen LogP contribution in [0.1, 0.15) is 19.4 Å². The van der Waals surface area contributed by atoms with E-state index in [4.69, 9.17) is 0 Å². The highest BCUT2D eigenvalue weighted by molar-refractivity contribution is 7.99. The van der Waals surface area contributed by atoms with Gasteiger partial charge in [0, 0.05) is 18.1 Å². The molecule has 0 atom stereocenters. The van der Waals surface area contributed by atoms with Gasteiger partial charge in [0.1, 0.15) is 0 Å². The van der Waals surface area contributed by atoms with Crippen LogP contribution in [0.25, 0.3) is 0 Å². The van der Waals surface area contributed by atoms with Crippen LogP contribution >= 0.6 is 24.4 Å². The number of hydrogen-bond donors (Lipinski definition) is 1. The van der Waals surface area contributed by atoms with E-state index in [1.165, 1.54) is 0 Å². The van der Waals surface area contributed by atoms with Gasteiger partial charge in [0.05, 0.1) is 0 Å². The lowest BCUT2D eigenvalue weighted by molar-refractivity contribution is 0.493. The van der Waals surface area contributed by atoms with Crippen LogP contribution < -0.4 is 0 Å². The Morgan fingerprint density at radius 3 is 2.43 bits per heavy atom. The van der Waals surface area contributed by atoms with Crippen molar-refractivity contribution in [2.75, 3.05) is 11.5 Å². The van der Waals surface area contributed by atoms with Gasteiger partial charge in [0.15, 0.2) is 5.16 Å². The summed E-state index contributed by atoms with van der Waals surface area (Å²) >= 11 is 6.00. The lowest BCUT2D eigenvalue weighted by Crippen LogP contribution is -2.16. The molecule has 0 radical (unpaired) electrons. The minimum absolute atomic E-state index is 0.238. The molecule has 0 N–H and O–H groups in total. The summed E-state index contributed by atoms with van der Waals surface area (Å²) in [6.45, 7) is 6.38. The average Bonchev–Trinajstić information content (AvgIpc) is 2.17. The molecule has 1 heterocycles. The summed E-state index contributed by atoms with van der Waals surface area (Å²) in [5.74, 6) is 1.88. The third-order valence-electron chi connectivity index (χ3n) is 1.78. The predicted octanol–water partition coefficient (Wildman–Crippen LogP) is 2.83. The minimum Gasteiger partial charge on any atom is -0.231 e. The van der Waals surface area contributed by atoms with Gasteiger partial charge in [0.2, 0.25) is 0 Å². The maximum Gasteiger partial charge on any atom is 0.187 e. The van der Waals surface area contributed by atoms with E-state index in [0.29, 0.717) is 0 Å². The van der Waals surface area contributed by atoms with Crippen LogP contribution in [0.15, 0.2) is 17.6 Å². The molecule has 0 unspecified atom stereocenters. The quantitative estimate of drug-likeness (QED) is 0.487. The summed E-state index contributed by atoms with van der Waals surface area (Å²) in [7, 11) is 0. The number of rotatable bonds is 4. The summed E-state index contributed by atoms with van der Waals surface area (Å²) in [5.41, 5.74) is 1.34. The van der Waals surface area contributed by atoms with Crippen molar-refractivity contribution in [3.63, 3.8) is 0 Å². The fourth-order valence-electron chi connectivity index (χ4n) is 0.761. The molecule has 78 valence electrons. The fourth-order valence-corrected chi connectivity index (χ4v) is 1.90. The number of hydrogen-bond acceptors (Lipinski definition) is 4. The van der Waals surface area contributed by atoms with E-state index < -0.39 is 0 Å². The molecule has 2 nitrogen and oxygen atoms in total. The second kappa shape index (κ2) is 5.03. The van der Waals surface area contributed by atoms with Crippen LogP contribution in [0.2, 0.25) is 0 Å². The van der Waals surface area contributed by atoms with Crippen LogP contribution in [0, 0.1) is 12.3 Å². The highest BCUT2D eigenvalue weighted by atomic mass is 32.2. The molecule has 1 rings (SSSR count). The van der Waals surface area contributed by atoms with Gasteiger partial charge in [-0.25, -0.2) is 9.97 Å². The molecule has 0 fully saturated rings. The van der Waals surface area contributed by atoms with Crippen LogP contribution in [-0.4, -0.2) is 21.5 Å². The Morgan fingerprint density at radius 1 is 1.36 bits per heavy atom. The van der Waals surface area contributed by atoms with E-state index in [2.05, 4.69) is 36.4 Å². The summed E-state index contributed by atoms with van der Waals surface area (Å²) in [4.78, 5) is 8.49. The molecule has 0 saturated carbocycles. The maximum atomic E-state index is 4.31. The Hall–Kier alpha value is -0.220. The SMILES string of the molecule is Cc1cnc(SCC(C)(C)CS)nc1. The standard InChI is InChI=1S/C10H16N2S2/c1-8-4-11-9(12-5-8)14-7-10(2,3)6-13/h4-5,13H,6-7H2,1-3H3. The molecule has 0 amide bonds. The topological polar surface area (TPSA) is 25.8 Å². The van der Waals surface area contributed by atoms with Crippen molar-refractivity contribution in [1.82, 2.24) is 9.97 Å². The van der Waals surface area contributed by atoms with Gasteiger partial charge < -0.3 is 0 Å². The molecule has 0 aromatic carbocycles. The van der Waals surface area contributed by atoms with Gasteiger partial charge in [-0.05, 0) is 23.7 Å². The van der Waals surface area contributed by atoms with E-state index >= 15 is 0 Å². The average molecular weight is 228 g/mol. The molecule has 0 aliphatic heterocycles. The molecule has 0 spiro atoms. The van der Waals surface area contributed by atoms with Gasteiger partial charge in [-0.1, -0.05) is 25.6 Å². The first-order chi connectivity index (χ1) is 6.53. The van der Waals surface area contributed by atoms with Crippen molar-refractivity contribution < 1.29 is 0 Å². The largest absolute Gasteiger partial charge is 0.231 e. The van der Waals surface area contributed by atoms with E-state index in [0.717, 1.165) is 22.2 Å². The molecule has 0 bridgehead atoms. The molecule has 0 aliphatic rings. The molecule has 1 aromatic rings. The van der Waals surface area contributed by atoms with Crippen molar-refractivity contribution in [2.24, 2.45) is 5.41 Å². The Labute approximate surface area is 95.3 Å². The summed E-state index contributed by atoms with van der Waals surface area (Å²) in [6, 6.07) is 0. The Morgan fingerprint density at radius 2 is 1.93 bits per heavy atom. The second-order valence-electron chi connectivity index (χ2n) is 4.15. The number of thiol groups is 1. The smallest absolute Gasteiger partial charge is 0.187 e. The first-order valence-corrected chi connectivity index (χ1v) is 6.18. The normalized spacial score (nSPS) is 11.7. The lowest BCUT2D eigenvalue weighted by Gasteiger charge is -2.20. The Kier molecular flexibility index (Phi) is 4.26. The van der Waals surface area contributed by atoms with E-state index in [-0.39, 0.29) is 5.41 Å². The van der Waals surface area contributed by atoms with Gasteiger partial charge >= 0.3 is 0 Å². The van der Waals surface area contributed by atoms with E-state index in [1.54, 1.807) is 11.8 Å². The molecule has 1 aromatic heterocycles. The van der Waals surface area contributed by atoms with Gasteiger partial charge in [-0.2, -0.15) is 12.6 Å². The van der Waals surface area contributed by atoms with Gasteiger partial charge in [-0.3, -0.25) is 0 Å². The second-order valence-corrected chi connectivity index (χ2v) is 5.41. The first kappa shape index (κ1) is 11.9. The number of thioether (sulfide) groups is 1. The van der Waals surface area contributed by atoms with Gasteiger partial charge in [0.25, 0.3) is 0 Å². The zero-order valence-corrected chi connectivity index (χ0v) is 10.5. The third kappa shape index (κ3) is 3.88. The van der Waals surface area contributed by atoms with E-state index in [1.807, 2.05) is 19.3 Å². The zero-order chi connectivity index (χ0) is 10.6. The van der Waals surface area contributed by atoms with Crippen molar-refractivity contribution >= 4 is 24.4 Å². The monoisotopic (exact) mass is 228 g/mol. The number of aromatic nitrogens is 2. The number of nitrogens with zero attached hydrogens (tertiary/aromatic N) is 2. The van der Waals surface area contributed by atoms with Crippen LogP contribution in [0.4, 0.5) is 0 Å². The fraction of sp³-hybridized carbons (Fsp3) is 0.600.